The van der Waals surface area contributed by atoms with Gasteiger partial charge in [-0.15, -0.1) is 0 Å². The normalized spacial score (nSPS) is 14.5. The molecule has 0 bridgehead atoms. The van der Waals surface area contributed by atoms with E-state index in [1.165, 1.54) is 0 Å². The maximum atomic E-state index is 11.2. The van der Waals surface area contributed by atoms with E-state index < -0.39 is 10.0 Å². The summed E-state index contributed by atoms with van der Waals surface area (Å²) in [6.07, 6.45) is 2.71. The summed E-state index contributed by atoms with van der Waals surface area (Å²) in [7, 11) is 0.664. The van der Waals surface area contributed by atoms with E-state index in [1.54, 1.807) is 6.33 Å². The zero-order valence-electron chi connectivity index (χ0n) is 14.0. The van der Waals surface area contributed by atoms with Gasteiger partial charge in [-0.05, 0) is 6.07 Å². The van der Waals surface area contributed by atoms with E-state index in [9.17, 15) is 8.42 Å². The van der Waals surface area contributed by atoms with Crippen LogP contribution in [0.25, 0.3) is 0 Å². The summed E-state index contributed by atoms with van der Waals surface area (Å²) in [5.74, 6) is 1.73. The predicted octanol–water partition coefficient (Wildman–Crippen LogP) is -0.191. The highest BCUT2D eigenvalue weighted by Gasteiger charge is 2.20. The number of fused-ring (bicyclic) bond motifs is 1. The van der Waals surface area contributed by atoms with Crippen LogP contribution in [0, 0.1) is 0 Å². The van der Waals surface area contributed by atoms with E-state index >= 15 is 0 Å². The Morgan fingerprint density at radius 2 is 2.04 bits per heavy atom. The monoisotopic (exact) mass is 351 g/mol. The van der Waals surface area contributed by atoms with Crippen molar-refractivity contribution in [1.82, 2.24) is 24.5 Å². The lowest BCUT2D eigenvalue weighted by Crippen LogP contribution is -2.34. The standard InChI is InChI=1S/C14H21N7O2S/c1-19(2)13-7-14(16-10-15-13)20-4-5-21-12(9-20)6-11(18-21)8-17-24(3,22)23/h6-7,10,17H,4-5,8-9H2,1-3H3. The Labute approximate surface area is 141 Å². The summed E-state index contributed by atoms with van der Waals surface area (Å²) in [6, 6.07) is 3.89. The van der Waals surface area contributed by atoms with Crippen LogP contribution in [0.2, 0.25) is 0 Å². The molecule has 0 unspecified atom stereocenters. The second-order valence-corrected chi connectivity index (χ2v) is 7.83. The quantitative estimate of drug-likeness (QED) is 0.797. The number of nitrogens with one attached hydrogen (secondary N) is 1. The smallest absolute Gasteiger partial charge is 0.209 e. The fourth-order valence-electron chi connectivity index (χ4n) is 2.57. The molecule has 1 aliphatic heterocycles. The fourth-order valence-corrected chi connectivity index (χ4v) is 2.98. The van der Waals surface area contributed by atoms with E-state index in [2.05, 4.69) is 24.7 Å². The topological polar surface area (TPSA) is 96.2 Å². The minimum atomic E-state index is -3.22. The summed E-state index contributed by atoms with van der Waals surface area (Å²) in [5, 5.41) is 4.45. The van der Waals surface area contributed by atoms with E-state index in [1.807, 2.05) is 35.8 Å². The van der Waals surface area contributed by atoms with Crippen LogP contribution in [0.5, 0.6) is 0 Å². The highest BCUT2D eigenvalue weighted by molar-refractivity contribution is 7.88. The zero-order valence-corrected chi connectivity index (χ0v) is 14.8. The Morgan fingerprint density at radius 3 is 2.75 bits per heavy atom. The molecule has 3 heterocycles. The van der Waals surface area contributed by atoms with Gasteiger partial charge in [0.1, 0.15) is 18.0 Å². The lowest BCUT2D eigenvalue weighted by molar-refractivity contribution is 0.512. The molecule has 1 N–H and O–H groups in total. The van der Waals surface area contributed by atoms with Crippen molar-refractivity contribution in [2.24, 2.45) is 0 Å². The molecule has 24 heavy (non-hydrogen) atoms. The Morgan fingerprint density at radius 1 is 1.25 bits per heavy atom. The third-order valence-corrected chi connectivity index (χ3v) is 4.45. The number of hydrogen-bond donors (Lipinski definition) is 1. The van der Waals surface area contributed by atoms with Crippen LogP contribution in [0.1, 0.15) is 11.4 Å². The molecule has 1 aliphatic rings. The van der Waals surface area contributed by atoms with Gasteiger partial charge in [0.05, 0.1) is 37.3 Å². The molecule has 0 aromatic carbocycles. The maximum Gasteiger partial charge on any atom is 0.209 e. The highest BCUT2D eigenvalue weighted by Crippen LogP contribution is 2.21. The predicted molar refractivity (Wildman–Crippen MR) is 91.3 cm³/mol. The summed E-state index contributed by atoms with van der Waals surface area (Å²) in [4.78, 5) is 12.7. The van der Waals surface area contributed by atoms with Crippen molar-refractivity contribution in [1.29, 1.82) is 0 Å². The van der Waals surface area contributed by atoms with Gasteiger partial charge in [0.2, 0.25) is 10.0 Å². The molecular formula is C14H21N7O2S. The molecule has 0 fully saturated rings. The molecule has 0 saturated carbocycles. The molecule has 2 aromatic rings. The van der Waals surface area contributed by atoms with Crippen LogP contribution in [0.15, 0.2) is 18.5 Å². The average molecular weight is 351 g/mol. The van der Waals surface area contributed by atoms with Crippen molar-refractivity contribution >= 4 is 21.7 Å². The molecule has 10 heteroatoms. The molecule has 0 atom stereocenters. The first-order valence-electron chi connectivity index (χ1n) is 7.56. The number of nitrogens with zero attached hydrogens (tertiary/aromatic N) is 6. The number of hydrogen-bond acceptors (Lipinski definition) is 7. The largest absolute Gasteiger partial charge is 0.363 e. The Bertz CT molecular complexity index is 831. The summed E-state index contributed by atoms with van der Waals surface area (Å²) in [5.41, 5.74) is 1.76. The number of aromatic nitrogens is 4. The molecule has 0 spiro atoms. The summed E-state index contributed by atoms with van der Waals surface area (Å²) < 4.78 is 26.8. The van der Waals surface area contributed by atoms with Gasteiger partial charge in [-0.1, -0.05) is 0 Å². The molecule has 0 radical (unpaired) electrons. The zero-order chi connectivity index (χ0) is 17.3. The Kier molecular flexibility index (Phi) is 4.41. The number of sulfonamides is 1. The second-order valence-electron chi connectivity index (χ2n) is 5.99. The molecule has 0 saturated heterocycles. The van der Waals surface area contributed by atoms with Crippen LogP contribution in [0.3, 0.4) is 0 Å². The first-order valence-corrected chi connectivity index (χ1v) is 9.45. The van der Waals surface area contributed by atoms with Crippen LogP contribution < -0.4 is 14.5 Å². The lowest BCUT2D eigenvalue weighted by Gasteiger charge is -2.29. The van der Waals surface area contributed by atoms with Crippen molar-refractivity contribution in [3.63, 3.8) is 0 Å². The minimum absolute atomic E-state index is 0.205. The van der Waals surface area contributed by atoms with Gasteiger partial charge in [-0.2, -0.15) is 5.10 Å². The van der Waals surface area contributed by atoms with Crippen molar-refractivity contribution in [2.45, 2.75) is 19.6 Å². The molecule has 9 nitrogen and oxygen atoms in total. The van der Waals surface area contributed by atoms with Crippen LogP contribution in [0.4, 0.5) is 11.6 Å². The van der Waals surface area contributed by atoms with Crippen LogP contribution in [-0.4, -0.2) is 55.1 Å². The SMILES string of the molecule is CN(C)c1cc(N2CCn3nc(CNS(C)(=O)=O)cc3C2)ncn1. The second kappa shape index (κ2) is 6.36. The van der Waals surface area contributed by atoms with E-state index in [0.29, 0.717) is 12.2 Å². The van der Waals surface area contributed by atoms with Gasteiger partial charge in [-0.3, -0.25) is 4.68 Å². The maximum absolute atomic E-state index is 11.2. The molecule has 3 rings (SSSR count). The van der Waals surface area contributed by atoms with Gasteiger partial charge >= 0.3 is 0 Å². The molecule has 0 amide bonds. The van der Waals surface area contributed by atoms with Crippen molar-refractivity contribution in [3.05, 3.63) is 29.8 Å². The number of anilines is 2. The van der Waals surface area contributed by atoms with Gasteiger partial charge in [0.15, 0.2) is 0 Å². The molecule has 2 aromatic heterocycles. The van der Waals surface area contributed by atoms with Crippen LogP contribution >= 0.6 is 0 Å². The fraction of sp³-hybridized carbons (Fsp3) is 0.500. The summed E-state index contributed by atoms with van der Waals surface area (Å²) >= 11 is 0. The van der Waals surface area contributed by atoms with E-state index in [-0.39, 0.29) is 6.54 Å². The Balaban J connectivity index is 1.75. The minimum Gasteiger partial charge on any atom is -0.363 e. The van der Waals surface area contributed by atoms with Crippen LogP contribution in [-0.2, 0) is 29.7 Å². The number of rotatable bonds is 5. The lowest BCUT2D eigenvalue weighted by atomic mass is 10.2. The van der Waals surface area contributed by atoms with Crippen molar-refractivity contribution < 1.29 is 8.42 Å². The first kappa shape index (κ1) is 16.7. The van der Waals surface area contributed by atoms with E-state index in [4.69, 9.17) is 0 Å². The van der Waals surface area contributed by atoms with Gasteiger partial charge < -0.3 is 9.80 Å². The van der Waals surface area contributed by atoms with Crippen molar-refractivity contribution in [2.75, 3.05) is 36.7 Å². The van der Waals surface area contributed by atoms with Gasteiger partial charge in [-0.25, -0.2) is 23.1 Å². The Hall–Kier alpha value is -2.20. The first-order chi connectivity index (χ1) is 11.3. The third-order valence-electron chi connectivity index (χ3n) is 3.78. The summed E-state index contributed by atoms with van der Waals surface area (Å²) in [6.45, 7) is 2.40. The third kappa shape index (κ3) is 3.82. The molecular weight excluding hydrogens is 330 g/mol. The molecule has 0 aliphatic carbocycles. The van der Waals surface area contributed by atoms with Crippen molar-refractivity contribution in [3.8, 4) is 0 Å². The molecule has 130 valence electrons. The van der Waals surface area contributed by atoms with Gasteiger partial charge in [0, 0.05) is 26.7 Å². The van der Waals surface area contributed by atoms with E-state index in [0.717, 1.165) is 36.7 Å². The van der Waals surface area contributed by atoms with Gasteiger partial charge in [0.25, 0.3) is 0 Å². The average Bonchev–Trinajstić information content (AvgIpc) is 2.94. The highest BCUT2D eigenvalue weighted by atomic mass is 32.2.